The summed E-state index contributed by atoms with van der Waals surface area (Å²) in [4.78, 5) is 30.7. The molecule has 0 fully saturated rings. The fourth-order valence-corrected chi connectivity index (χ4v) is 3.72. The van der Waals surface area contributed by atoms with Crippen molar-refractivity contribution in [2.45, 2.75) is 12.5 Å². The first-order valence-electron chi connectivity index (χ1n) is 9.50. The molecule has 1 atom stereocenters. The van der Waals surface area contributed by atoms with Crippen LogP contribution >= 0.6 is 0 Å². The number of nitrogens with two attached hydrogens (primary N) is 1. The maximum absolute atomic E-state index is 13.3. The zero-order valence-corrected chi connectivity index (χ0v) is 16.7. The molecule has 0 aromatic heterocycles. The average Bonchev–Trinajstić information content (AvgIpc) is 2.99. The number of guanidine groups is 1. The summed E-state index contributed by atoms with van der Waals surface area (Å²) >= 11 is 0. The molecular formula is C24H21N4O2. The summed E-state index contributed by atoms with van der Waals surface area (Å²) < 4.78 is 0. The number of nitrogens with zero attached hydrogens (tertiary/aromatic N) is 2. The lowest BCUT2D eigenvalue weighted by molar-refractivity contribution is -0.129. The number of anilines is 1. The van der Waals surface area contributed by atoms with Crippen molar-refractivity contribution in [1.82, 2.24) is 4.90 Å². The molecule has 0 spiro atoms. The molecule has 1 aliphatic rings. The van der Waals surface area contributed by atoms with Gasteiger partial charge in [-0.15, -0.1) is 0 Å². The molecule has 0 saturated heterocycles. The van der Waals surface area contributed by atoms with Gasteiger partial charge in [-0.3, -0.25) is 14.5 Å². The Balaban J connectivity index is 1.86. The zero-order chi connectivity index (χ0) is 21.3. The highest BCUT2D eigenvalue weighted by Crippen LogP contribution is 2.40. The molecule has 1 heterocycles. The molecule has 6 nitrogen and oxygen atoms in total. The molecule has 0 aliphatic carbocycles. The summed E-state index contributed by atoms with van der Waals surface area (Å²) in [5.74, 6) is -0.175. The lowest BCUT2D eigenvalue weighted by Crippen LogP contribution is -2.41. The number of benzene rings is 3. The average molecular weight is 397 g/mol. The van der Waals surface area contributed by atoms with E-state index in [0.29, 0.717) is 11.3 Å². The number of nitrogens with one attached hydrogen (secondary N) is 1. The van der Waals surface area contributed by atoms with Crippen LogP contribution < -0.4 is 11.1 Å². The quantitative estimate of drug-likeness (QED) is 0.709. The molecule has 2 amide bonds. The van der Waals surface area contributed by atoms with E-state index in [1.54, 1.807) is 19.2 Å². The number of rotatable bonds is 4. The van der Waals surface area contributed by atoms with Crippen LogP contribution in [0.3, 0.4) is 0 Å². The molecule has 1 radical (unpaired) electrons. The lowest BCUT2D eigenvalue weighted by atomic mass is 9.82. The zero-order valence-electron chi connectivity index (χ0n) is 16.7. The van der Waals surface area contributed by atoms with Gasteiger partial charge in [-0.1, -0.05) is 54.6 Å². The monoisotopic (exact) mass is 397 g/mol. The highest BCUT2D eigenvalue weighted by atomic mass is 16.2. The van der Waals surface area contributed by atoms with E-state index in [2.05, 4.69) is 16.4 Å². The molecule has 1 aliphatic heterocycles. The molecular weight excluding hydrogens is 376 g/mol. The van der Waals surface area contributed by atoms with Crippen molar-refractivity contribution < 1.29 is 9.59 Å². The van der Waals surface area contributed by atoms with Gasteiger partial charge in [-0.05, 0) is 46.5 Å². The molecule has 3 N–H and O–H groups in total. The van der Waals surface area contributed by atoms with Gasteiger partial charge in [0, 0.05) is 19.7 Å². The SMILES string of the molecule is CC(=O)Nc1cccc(-c2cccc(C3(c4cc[c]cc4)N=C(N)N(C)C3=O)c2)c1. The van der Waals surface area contributed by atoms with Gasteiger partial charge in [-0.2, -0.15) is 0 Å². The summed E-state index contributed by atoms with van der Waals surface area (Å²) in [7, 11) is 1.62. The maximum atomic E-state index is 13.3. The maximum Gasteiger partial charge on any atom is 0.266 e. The van der Waals surface area contributed by atoms with E-state index in [4.69, 9.17) is 5.73 Å². The van der Waals surface area contributed by atoms with Gasteiger partial charge >= 0.3 is 0 Å². The van der Waals surface area contributed by atoms with E-state index < -0.39 is 5.54 Å². The van der Waals surface area contributed by atoms with Crippen LogP contribution in [0.1, 0.15) is 18.1 Å². The first-order valence-corrected chi connectivity index (χ1v) is 9.50. The van der Waals surface area contributed by atoms with Crippen LogP contribution in [0, 0.1) is 6.07 Å². The predicted molar refractivity (Wildman–Crippen MR) is 117 cm³/mol. The first-order chi connectivity index (χ1) is 14.4. The number of amides is 2. The fourth-order valence-electron chi connectivity index (χ4n) is 3.72. The normalized spacial score (nSPS) is 18.3. The second kappa shape index (κ2) is 7.48. The van der Waals surface area contributed by atoms with Crippen molar-refractivity contribution in [2.24, 2.45) is 10.7 Å². The topological polar surface area (TPSA) is 87.8 Å². The minimum Gasteiger partial charge on any atom is -0.369 e. The Labute approximate surface area is 175 Å². The summed E-state index contributed by atoms with van der Waals surface area (Å²) in [5.41, 5.74) is 8.75. The highest BCUT2D eigenvalue weighted by Gasteiger charge is 2.49. The third kappa shape index (κ3) is 3.22. The second-order valence-electron chi connectivity index (χ2n) is 7.18. The number of likely N-dealkylation sites (N-methyl/N-ethyl adjacent to an activating group) is 1. The van der Waals surface area contributed by atoms with E-state index in [0.717, 1.165) is 16.7 Å². The first kappa shape index (κ1) is 19.4. The van der Waals surface area contributed by atoms with Gasteiger partial charge in [0.15, 0.2) is 11.5 Å². The van der Waals surface area contributed by atoms with Gasteiger partial charge in [0.2, 0.25) is 5.91 Å². The summed E-state index contributed by atoms with van der Waals surface area (Å²) in [5, 5.41) is 2.80. The largest absolute Gasteiger partial charge is 0.369 e. The van der Waals surface area contributed by atoms with Crippen LogP contribution in [0.5, 0.6) is 0 Å². The summed E-state index contributed by atoms with van der Waals surface area (Å²) in [6.45, 7) is 1.47. The third-order valence-corrected chi connectivity index (χ3v) is 5.17. The van der Waals surface area contributed by atoms with Gasteiger partial charge in [0.25, 0.3) is 5.91 Å². The van der Waals surface area contributed by atoms with E-state index >= 15 is 0 Å². The molecule has 30 heavy (non-hydrogen) atoms. The van der Waals surface area contributed by atoms with Crippen LogP contribution in [0.25, 0.3) is 11.1 Å². The molecule has 4 rings (SSSR count). The van der Waals surface area contributed by atoms with E-state index in [9.17, 15) is 9.59 Å². The van der Waals surface area contributed by atoms with Crippen molar-refractivity contribution >= 4 is 23.5 Å². The molecule has 0 saturated carbocycles. The van der Waals surface area contributed by atoms with Crippen LogP contribution in [0.4, 0.5) is 5.69 Å². The summed E-state index contributed by atoms with van der Waals surface area (Å²) in [6, 6.07) is 25.4. The van der Waals surface area contributed by atoms with Crippen LogP contribution in [-0.4, -0.2) is 29.7 Å². The van der Waals surface area contributed by atoms with Crippen molar-refractivity contribution in [3.05, 3.63) is 90.0 Å². The minimum absolute atomic E-state index is 0.134. The molecule has 6 heteroatoms. The summed E-state index contributed by atoms with van der Waals surface area (Å²) in [6.07, 6.45) is 0. The lowest BCUT2D eigenvalue weighted by Gasteiger charge is -2.26. The van der Waals surface area contributed by atoms with Gasteiger partial charge in [0.1, 0.15) is 0 Å². The van der Waals surface area contributed by atoms with Crippen molar-refractivity contribution in [1.29, 1.82) is 0 Å². The smallest absolute Gasteiger partial charge is 0.266 e. The number of hydrogen-bond acceptors (Lipinski definition) is 4. The molecule has 149 valence electrons. The van der Waals surface area contributed by atoms with Crippen molar-refractivity contribution in [2.75, 3.05) is 12.4 Å². The van der Waals surface area contributed by atoms with Crippen LogP contribution in [0.15, 0.2) is 77.8 Å². The number of hydrogen-bond donors (Lipinski definition) is 2. The van der Waals surface area contributed by atoms with Gasteiger partial charge in [-0.25, -0.2) is 4.99 Å². The Morgan fingerprint density at radius 3 is 2.33 bits per heavy atom. The Hall–Kier alpha value is -3.93. The molecule has 3 aromatic rings. The van der Waals surface area contributed by atoms with E-state index in [1.807, 2.05) is 60.7 Å². The van der Waals surface area contributed by atoms with E-state index in [1.165, 1.54) is 11.8 Å². The Kier molecular flexibility index (Phi) is 4.83. The second-order valence-corrected chi connectivity index (χ2v) is 7.18. The third-order valence-electron chi connectivity index (χ3n) is 5.17. The molecule has 3 aromatic carbocycles. The van der Waals surface area contributed by atoms with E-state index in [-0.39, 0.29) is 17.8 Å². The Morgan fingerprint density at radius 2 is 1.70 bits per heavy atom. The highest BCUT2D eigenvalue weighted by molar-refractivity contribution is 6.09. The van der Waals surface area contributed by atoms with Gasteiger partial charge < -0.3 is 11.1 Å². The van der Waals surface area contributed by atoms with Crippen molar-refractivity contribution in [3.63, 3.8) is 0 Å². The fraction of sp³-hybridized carbons (Fsp3) is 0.125. The van der Waals surface area contributed by atoms with Crippen LogP contribution in [-0.2, 0) is 15.1 Å². The minimum atomic E-state index is -1.25. The number of carbonyl (C=O) groups excluding carboxylic acids is 2. The van der Waals surface area contributed by atoms with Gasteiger partial charge in [0.05, 0.1) is 0 Å². The Morgan fingerprint density at radius 1 is 1.03 bits per heavy atom. The standard InChI is InChI=1S/C24H21N4O2/c1-16(29)26-21-13-7-9-18(15-21)17-8-6-12-20(14-17)24(19-10-4-3-5-11-19)22(30)28(2)23(25)27-24/h4-15H,1-2H3,(H2,25,27)(H,26,29). The van der Waals surface area contributed by atoms with Crippen LogP contribution in [0.2, 0.25) is 0 Å². The molecule has 0 bridgehead atoms. The molecule has 1 unspecified atom stereocenters. The number of carbonyl (C=O) groups is 2. The predicted octanol–water partition coefficient (Wildman–Crippen LogP) is 3.14. The van der Waals surface area contributed by atoms with Crippen molar-refractivity contribution in [3.8, 4) is 11.1 Å². The number of aliphatic imine (C=N–C) groups is 1. The Bertz CT molecular complexity index is 1160.